The molecule has 1 amide bonds. The fraction of sp³-hybridized carbons (Fsp3) is 0.562. The lowest BCUT2D eigenvalue weighted by atomic mass is 9.93. The molecule has 1 unspecified atom stereocenters. The SMILES string of the molecule is CC(Oc1cccc(Cl)c1)C(=O)NCC(C)(C)CN(C)C. The van der Waals surface area contributed by atoms with Crippen LogP contribution >= 0.6 is 11.6 Å². The first-order valence-electron chi connectivity index (χ1n) is 7.04. The summed E-state index contributed by atoms with van der Waals surface area (Å²) < 4.78 is 5.60. The van der Waals surface area contributed by atoms with Crippen molar-refractivity contribution < 1.29 is 9.53 Å². The number of nitrogens with zero attached hydrogens (tertiary/aromatic N) is 1. The van der Waals surface area contributed by atoms with Gasteiger partial charge in [0.05, 0.1) is 0 Å². The molecule has 0 radical (unpaired) electrons. The Hall–Kier alpha value is -1.26. The monoisotopic (exact) mass is 312 g/mol. The molecule has 5 heteroatoms. The summed E-state index contributed by atoms with van der Waals surface area (Å²) in [4.78, 5) is 14.2. The minimum absolute atomic E-state index is 0.00886. The van der Waals surface area contributed by atoms with Crippen LogP contribution in [-0.2, 0) is 4.79 Å². The van der Waals surface area contributed by atoms with E-state index in [-0.39, 0.29) is 11.3 Å². The van der Waals surface area contributed by atoms with Gasteiger partial charge in [-0.3, -0.25) is 4.79 Å². The van der Waals surface area contributed by atoms with Gasteiger partial charge in [-0.1, -0.05) is 31.5 Å². The highest BCUT2D eigenvalue weighted by Gasteiger charge is 2.22. The number of amides is 1. The van der Waals surface area contributed by atoms with E-state index < -0.39 is 6.10 Å². The summed E-state index contributed by atoms with van der Waals surface area (Å²) in [7, 11) is 4.04. The molecule has 0 fully saturated rings. The zero-order valence-electron chi connectivity index (χ0n) is 13.4. The summed E-state index contributed by atoms with van der Waals surface area (Å²) in [6.45, 7) is 7.48. The second kappa shape index (κ2) is 7.66. The predicted octanol–water partition coefficient (Wildman–Crippen LogP) is 2.81. The van der Waals surface area contributed by atoms with Crippen molar-refractivity contribution in [1.29, 1.82) is 0 Å². The lowest BCUT2D eigenvalue weighted by molar-refractivity contribution is -0.127. The molecule has 1 N–H and O–H groups in total. The van der Waals surface area contributed by atoms with E-state index in [1.54, 1.807) is 31.2 Å². The highest BCUT2D eigenvalue weighted by Crippen LogP contribution is 2.18. The molecule has 0 aliphatic rings. The Morgan fingerprint density at radius 2 is 2.10 bits per heavy atom. The van der Waals surface area contributed by atoms with E-state index in [9.17, 15) is 4.79 Å². The van der Waals surface area contributed by atoms with Crippen LogP contribution in [-0.4, -0.2) is 44.1 Å². The Kier molecular flexibility index (Phi) is 6.49. The zero-order chi connectivity index (χ0) is 16.0. The maximum atomic E-state index is 12.1. The van der Waals surface area contributed by atoms with Crippen LogP contribution in [0.4, 0.5) is 0 Å². The molecule has 0 saturated heterocycles. The molecule has 21 heavy (non-hydrogen) atoms. The maximum absolute atomic E-state index is 12.1. The fourth-order valence-corrected chi connectivity index (χ4v) is 2.36. The van der Waals surface area contributed by atoms with Gasteiger partial charge in [-0.2, -0.15) is 0 Å². The van der Waals surface area contributed by atoms with Crippen LogP contribution in [0.25, 0.3) is 0 Å². The Bertz CT molecular complexity index is 475. The van der Waals surface area contributed by atoms with Gasteiger partial charge in [-0.25, -0.2) is 0 Å². The third-order valence-corrected chi connectivity index (χ3v) is 3.20. The first-order valence-corrected chi connectivity index (χ1v) is 7.42. The van der Waals surface area contributed by atoms with Crippen LogP contribution in [0.1, 0.15) is 20.8 Å². The molecule has 0 aliphatic heterocycles. The van der Waals surface area contributed by atoms with Gasteiger partial charge >= 0.3 is 0 Å². The molecule has 118 valence electrons. The van der Waals surface area contributed by atoms with E-state index in [0.717, 1.165) is 6.54 Å². The first kappa shape index (κ1) is 17.8. The van der Waals surface area contributed by atoms with Gasteiger partial charge < -0.3 is 15.0 Å². The summed E-state index contributed by atoms with van der Waals surface area (Å²) in [5.41, 5.74) is 0.00886. The third-order valence-electron chi connectivity index (χ3n) is 2.96. The van der Waals surface area contributed by atoms with E-state index in [4.69, 9.17) is 16.3 Å². The van der Waals surface area contributed by atoms with Crippen LogP contribution in [0.3, 0.4) is 0 Å². The summed E-state index contributed by atoms with van der Waals surface area (Å²) in [5.74, 6) is 0.472. The first-order chi connectivity index (χ1) is 9.69. The van der Waals surface area contributed by atoms with Crippen molar-refractivity contribution in [2.24, 2.45) is 5.41 Å². The largest absolute Gasteiger partial charge is 0.481 e. The van der Waals surface area contributed by atoms with Crippen molar-refractivity contribution in [1.82, 2.24) is 10.2 Å². The van der Waals surface area contributed by atoms with Gasteiger partial charge in [0.25, 0.3) is 5.91 Å². The summed E-state index contributed by atoms with van der Waals surface area (Å²) >= 11 is 5.89. The molecule has 0 aliphatic carbocycles. The van der Waals surface area contributed by atoms with Gasteiger partial charge in [-0.15, -0.1) is 0 Å². The van der Waals surface area contributed by atoms with Crippen molar-refractivity contribution in [3.8, 4) is 5.75 Å². The fourth-order valence-electron chi connectivity index (χ4n) is 2.18. The standard InChI is InChI=1S/C16H25ClN2O2/c1-12(21-14-8-6-7-13(17)9-14)15(20)18-10-16(2,3)11-19(4)5/h6-9,12H,10-11H2,1-5H3,(H,18,20). The van der Waals surface area contributed by atoms with Crippen LogP contribution in [0.5, 0.6) is 5.75 Å². The summed E-state index contributed by atoms with van der Waals surface area (Å²) in [5, 5.41) is 3.53. The van der Waals surface area contributed by atoms with Crippen molar-refractivity contribution in [2.45, 2.75) is 26.9 Å². The van der Waals surface area contributed by atoms with Crippen molar-refractivity contribution >= 4 is 17.5 Å². The average Bonchev–Trinajstić information content (AvgIpc) is 2.34. The number of carbonyl (C=O) groups is 1. The van der Waals surface area contributed by atoms with Crippen LogP contribution in [0.15, 0.2) is 24.3 Å². The van der Waals surface area contributed by atoms with Crippen molar-refractivity contribution in [2.75, 3.05) is 27.2 Å². The molecule has 4 nitrogen and oxygen atoms in total. The molecule has 0 aromatic heterocycles. The van der Waals surface area contributed by atoms with Crippen LogP contribution < -0.4 is 10.1 Å². The van der Waals surface area contributed by atoms with Gasteiger partial charge in [0, 0.05) is 18.1 Å². The maximum Gasteiger partial charge on any atom is 0.260 e. The van der Waals surface area contributed by atoms with Gasteiger partial charge in [-0.05, 0) is 44.6 Å². The molecule has 0 heterocycles. The molecule has 1 aromatic carbocycles. The summed E-state index contributed by atoms with van der Waals surface area (Å²) in [6.07, 6.45) is -0.557. The molecule has 1 aromatic rings. The minimum atomic E-state index is -0.557. The predicted molar refractivity (Wildman–Crippen MR) is 86.9 cm³/mol. The average molecular weight is 313 g/mol. The Balaban J connectivity index is 2.48. The second-order valence-electron chi connectivity index (χ2n) is 6.34. The quantitative estimate of drug-likeness (QED) is 0.842. The van der Waals surface area contributed by atoms with E-state index in [0.29, 0.717) is 17.3 Å². The topological polar surface area (TPSA) is 41.6 Å². The number of carbonyl (C=O) groups excluding carboxylic acids is 1. The number of halogens is 1. The van der Waals surface area contributed by atoms with Gasteiger partial charge in [0.1, 0.15) is 5.75 Å². The van der Waals surface area contributed by atoms with E-state index in [2.05, 4.69) is 24.1 Å². The second-order valence-corrected chi connectivity index (χ2v) is 6.77. The van der Waals surface area contributed by atoms with E-state index in [1.807, 2.05) is 14.1 Å². The number of hydrogen-bond donors (Lipinski definition) is 1. The molecule has 0 saturated carbocycles. The number of nitrogens with one attached hydrogen (secondary N) is 1. The smallest absolute Gasteiger partial charge is 0.260 e. The minimum Gasteiger partial charge on any atom is -0.481 e. The molecule has 0 bridgehead atoms. The number of benzene rings is 1. The number of hydrogen-bond acceptors (Lipinski definition) is 3. The highest BCUT2D eigenvalue weighted by molar-refractivity contribution is 6.30. The zero-order valence-corrected chi connectivity index (χ0v) is 14.2. The van der Waals surface area contributed by atoms with E-state index in [1.165, 1.54) is 0 Å². The number of rotatable bonds is 7. The molecule has 1 atom stereocenters. The van der Waals surface area contributed by atoms with Gasteiger partial charge in [0.15, 0.2) is 6.10 Å². The van der Waals surface area contributed by atoms with Crippen LogP contribution in [0.2, 0.25) is 5.02 Å². The Morgan fingerprint density at radius 3 is 2.67 bits per heavy atom. The lowest BCUT2D eigenvalue weighted by Gasteiger charge is -2.29. The van der Waals surface area contributed by atoms with Crippen molar-refractivity contribution in [3.63, 3.8) is 0 Å². The van der Waals surface area contributed by atoms with Gasteiger partial charge in [0.2, 0.25) is 0 Å². The van der Waals surface area contributed by atoms with E-state index >= 15 is 0 Å². The molecular formula is C16H25ClN2O2. The normalized spacial score (nSPS) is 13.1. The Labute approximate surface area is 132 Å². The number of ether oxygens (including phenoxy) is 1. The molecular weight excluding hydrogens is 288 g/mol. The highest BCUT2D eigenvalue weighted by atomic mass is 35.5. The molecule has 1 rings (SSSR count). The third kappa shape index (κ3) is 6.82. The lowest BCUT2D eigenvalue weighted by Crippen LogP contribution is -2.44. The molecule has 0 spiro atoms. The van der Waals surface area contributed by atoms with Crippen molar-refractivity contribution in [3.05, 3.63) is 29.3 Å². The summed E-state index contributed by atoms with van der Waals surface area (Å²) in [6, 6.07) is 7.04. The Morgan fingerprint density at radius 1 is 1.43 bits per heavy atom. The van der Waals surface area contributed by atoms with Crippen LogP contribution in [0, 0.1) is 5.41 Å².